The Bertz CT molecular complexity index is 675. The van der Waals surface area contributed by atoms with E-state index in [0.717, 1.165) is 23.5 Å². The van der Waals surface area contributed by atoms with E-state index in [9.17, 15) is 25.0 Å². The molecule has 1 heterocycles. The number of carboxylic acids is 1. The number of benzene rings is 1. The predicted molar refractivity (Wildman–Crippen MR) is 70.0 cm³/mol. The van der Waals surface area contributed by atoms with Crippen LogP contribution >= 0.6 is 11.3 Å². The number of hydrogen-bond acceptors (Lipinski definition) is 6. The summed E-state index contributed by atoms with van der Waals surface area (Å²) >= 11 is 1.12. The fraction of sp³-hybridized carbons (Fsp3) is 0. The van der Waals surface area contributed by atoms with E-state index >= 15 is 0 Å². The summed E-state index contributed by atoms with van der Waals surface area (Å²) in [6, 6.07) is 4.72. The lowest BCUT2D eigenvalue weighted by molar-refractivity contribution is -0.393. The van der Waals surface area contributed by atoms with Crippen molar-refractivity contribution in [3.05, 3.63) is 55.4 Å². The van der Waals surface area contributed by atoms with Gasteiger partial charge in [0.15, 0.2) is 0 Å². The Balaban J connectivity index is 2.85. The molecule has 0 unspecified atom stereocenters. The van der Waals surface area contributed by atoms with Crippen molar-refractivity contribution in [2.75, 3.05) is 0 Å². The molecule has 0 spiro atoms. The number of nitro benzene ring substituents is 2. The number of rotatable bonds is 4. The molecule has 0 aliphatic heterocycles. The molecule has 20 heavy (non-hydrogen) atoms. The smallest absolute Gasteiger partial charge is 0.336 e. The van der Waals surface area contributed by atoms with Crippen LogP contribution in [0.3, 0.4) is 0 Å². The molecule has 2 rings (SSSR count). The minimum atomic E-state index is -1.46. The SMILES string of the molecule is O=C(O)c1cc([N+](=O)[O-])cc([N+](=O)[O-])c1-c1cccs1. The summed E-state index contributed by atoms with van der Waals surface area (Å²) in [6.07, 6.45) is 0. The third-order valence-corrected chi connectivity index (χ3v) is 3.40. The van der Waals surface area contributed by atoms with Crippen LogP contribution in [0.15, 0.2) is 29.6 Å². The van der Waals surface area contributed by atoms with E-state index in [1.54, 1.807) is 11.4 Å². The third-order valence-electron chi connectivity index (χ3n) is 2.51. The summed E-state index contributed by atoms with van der Waals surface area (Å²) in [4.78, 5) is 31.7. The Morgan fingerprint density at radius 2 is 1.90 bits per heavy atom. The normalized spacial score (nSPS) is 10.2. The van der Waals surface area contributed by atoms with Gasteiger partial charge in [-0.25, -0.2) is 4.79 Å². The maximum absolute atomic E-state index is 11.2. The highest BCUT2D eigenvalue weighted by molar-refractivity contribution is 7.13. The molecule has 0 amide bonds. The van der Waals surface area contributed by atoms with Crippen LogP contribution in [-0.4, -0.2) is 20.9 Å². The van der Waals surface area contributed by atoms with E-state index in [2.05, 4.69) is 0 Å². The van der Waals surface area contributed by atoms with Gasteiger partial charge in [0.2, 0.25) is 0 Å². The molecule has 0 saturated carbocycles. The molecule has 1 aromatic carbocycles. The van der Waals surface area contributed by atoms with Crippen molar-refractivity contribution in [1.82, 2.24) is 0 Å². The molecule has 1 N–H and O–H groups in total. The molecule has 102 valence electrons. The van der Waals surface area contributed by atoms with Gasteiger partial charge in [-0.05, 0) is 11.4 Å². The molecule has 0 bridgehead atoms. The van der Waals surface area contributed by atoms with Crippen LogP contribution in [-0.2, 0) is 0 Å². The first-order valence-corrected chi connectivity index (χ1v) is 6.03. The van der Waals surface area contributed by atoms with E-state index < -0.39 is 32.8 Å². The molecule has 0 aliphatic carbocycles. The topological polar surface area (TPSA) is 124 Å². The minimum absolute atomic E-state index is 0.122. The Hall–Kier alpha value is -2.81. The number of carbonyl (C=O) groups is 1. The van der Waals surface area contributed by atoms with Crippen molar-refractivity contribution in [2.45, 2.75) is 0 Å². The number of nitrogens with zero attached hydrogens (tertiary/aromatic N) is 2. The van der Waals surface area contributed by atoms with Crippen LogP contribution in [0.4, 0.5) is 11.4 Å². The number of aromatic carboxylic acids is 1. The summed E-state index contributed by atoms with van der Waals surface area (Å²) in [5, 5.41) is 32.6. The predicted octanol–water partition coefficient (Wildman–Crippen LogP) is 2.93. The summed E-state index contributed by atoms with van der Waals surface area (Å²) in [7, 11) is 0. The van der Waals surface area contributed by atoms with E-state index in [1.807, 2.05) is 0 Å². The number of thiophene rings is 1. The summed E-state index contributed by atoms with van der Waals surface area (Å²) in [6.45, 7) is 0. The number of nitro groups is 2. The molecule has 0 aliphatic rings. The third kappa shape index (κ3) is 2.34. The van der Waals surface area contributed by atoms with Crippen LogP contribution in [0.2, 0.25) is 0 Å². The van der Waals surface area contributed by atoms with Crippen molar-refractivity contribution >= 4 is 28.7 Å². The van der Waals surface area contributed by atoms with Crippen molar-refractivity contribution in [3.63, 3.8) is 0 Å². The van der Waals surface area contributed by atoms with Crippen LogP contribution in [0, 0.1) is 20.2 Å². The zero-order valence-electron chi connectivity index (χ0n) is 9.68. The van der Waals surface area contributed by atoms with Gasteiger partial charge in [0.05, 0.1) is 27.0 Å². The molecule has 9 heteroatoms. The summed E-state index contributed by atoms with van der Waals surface area (Å²) in [5.74, 6) is -1.46. The molecule has 2 aromatic rings. The molecule has 1 aromatic heterocycles. The maximum Gasteiger partial charge on any atom is 0.336 e. The van der Waals surface area contributed by atoms with Gasteiger partial charge in [0.1, 0.15) is 0 Å². The van der Waals surface area contributed by atoms with Gasteiger partial charge < -0.3 is 5.11 Å². The molecule has 0 saturated heterocycles. The van der Waals surface area contributed by atoms with E-state index in [-0.39, 0.29) is 5.56 Å². The second kappa shape index (κ2) is 5.05. The van der Waals surface area contributed by atoms with Crippen molar-refractivity contribution < 1.29 is 19.7 Å². The average molecular weight is 294 g/mol. The zero-order chi connectivity index (χ0) is 14.9. The van der Waals surface area contributed by atoms with E-state index in [1.165, 1.54) is 6.07 Å². The van der Waals surface area contributed by atoms with Gasteiger partial charge in [-0.15, -0.1) is 11.3 Å². The first-order valence-electron chi connectivity index (χ1n) is 5.16. The number of carboxylic acid groups (broad SMARTS) is 1. The standard InChI is InChI=1S/C11H6N2O6S/c14-11(15)7-4-6(12(16)17)5-8(13(18)19)10(7)9-2-1-3-20-9/h1-5H,(H,14,15). The highest BCUT2D eigenvalue weighted by Gasteiger charge is 2.28. The van der Waals surface area contributed by atoms with E-state index in [4.69, 9.17) is 5.11 Å². The molecule has 0 fully saturated rings. The average Bonchev–Trinajstić information content (AvgIpc) is 2.90. The Kier molecular flexibility index (Phi) is 3.44. The van der Waals surface area contributed by atoms with Gasteiger partial charge in [-0.2, -0.15) is 0 Å². The largest absolute Gasteiger partial charge is 0.478 e. The Morgan fingerprint density at radius 1 is 1.20 bits per heavy atom. The molecule has 0 radical (unpaired) electrons. The number of hydrogen-bond donors (Lipinski definition) is 1. The number of non-ortho nitro benzene ring substituents is 1. The fourth-order valence-electron chi connectivity index (χ4n) is 1.71. The molecule has 0 atom stereocenters. The van der Waals surface area contributed by atoms with Crippen LogP contribution in [0.25, 0.3) is 10.4 Å². The van der Waals surface area contributed by atoms with Crippen molar-refractivity contribution in [3.8, 4) is 10.4 Å². The maximum atomic E-state index is 11.2. The Morgan fingerprint density at radius 3 is 2.35 bits per heavy atom. The van der Waals surface area contributed by atoms with Crippen molar-refractivity contribution in [1.29, 1.82) is 0 Å². The minimum Gasteiger partial charge on any atom is -0.478 e. The highest BCUT2D eigenvalue weighted by Crippen LogP contribution is 2.38. The second-order valence-electron chi connectivity index (χ2n) is 3.68. The lowest BCUT2D eigenvalue weighted by Crippen LogP contribution is -2.04. The summed E-state index contributed by atoms with van der Waals surface area (Å²) in [5.41, 5.74) is -1.81. The monoisotopic (exact) mass is 294 g/mol. The van der Waals surface area contributed by atoms with Gasteiger partial charge in [0.25, 0.3) is 11.4 Å². The first-order chi connectivity index (χ1) is 9.41. The van der Waals surface area contributed by atoms with E-state index in [0.29, 0.717) is 4.88 Å². The van der Waals surface area contributed by atoms with Gasteiger partial charge >= 0.3 is 5.97 Å². The lowest BCUT2D eigenvalue weighted by atomic mass is 10.0. The molecule has 8 nitrogen and oxygen atoms in total. The lowest BCUT2D eigenvalue weighted by Gasteiger charge is -2.05. The Labute approximate surface area is 115 Å². The van der Waals surface area contributed by atoms with Gasteiger partial charge in [0, 0.05) is 10.9 Å². The van der Waals surface area contributed by atoms with Crippen LogP contribution in [0.5, 0.6) is 0 Å². The van der Waals surface area contributed by atoms with Crippen LogP contribution in [0.1, 0.15) is 10.4 Å². The van der Waals surface area contributed by atoms with Gasteiger partial charge in [-0.1, -0.05) is 6.07 Å². The quantitative estimate of drug-likeness (QED) is 0.682. The first kappa shape index (κ1) is 13.6. The second-order valence-corrected chi connectivity index (χ2v) is 4.63. The molecular formula is C11H6N2O6S. The van der Waals surface area contributed by atoms with Crippen LogP contribution < -0.4 is 0 Å². The highest BCUT2D eigenvalue weighted by atomic mass is 32.1. The molecular weight excluding hydrogens is 288 g/mol. The zero-order valence-corrected chi connectivity index (χ0v) is 10.5. The van der Waals surface area contributed by atoms with Gasteiger partial charge in [-0.3, -0.25) is 20.2 Å². The fourth-order valence-corrected chi connectivity index (χ4v) is 2.50. The summed E-state index contributed by atoms with van der Waals surface area (Å²) < 4.78 is 0. The van der Waals surface area contributed by atoms with Crippen molar-refractivity contribution in [2.24, 2.45) is 0 Å².